The fourth-order valence-electron chi connectivity index (χ4n) is 1.60. The van der Waals surface area contributed by atoms with E-state index >= 15 is 0 Å². The zero-order valence-corrected chi connectivity index (χ0v) is 11.7. The van der Waals surface area contributed by atoms with Crippen molar-refractivity contribution in [3.05, 3.63) is 0 Å². The summed E-state index contributed by atoms with van der Waals surface area (Å²) in [4.78, 5) is 21.9. The molecule has 0 aromatic carbocycles. The predicted octanol–water partition coefficient (Wildman–Crippen LogP) is 2.61. The number of methoxy groups -OCH3 is 1. The van der Waals surface area contributed by atoms with Gasteiger partial charge in [-0.2, -0.15) is 13.2 Å². The fourth-order valence-corrected chi connectivity index (χ4v) is 1.60. The summed E-state index contributed by atoms with van der Waals surface area (Å²) in [6, 6.07) is 0. The van der Waals surface area contributed by atoms with Crippen LogP contribution in [0.15, 0.2) is 0 Å². The maximum Gasteiger partial charge on any atom is 0.449 e. The molecule has 118 valence electrons. The van der Waals surface area contributed by atoms with E-state index in [0.29, 0.717) is 38.8 Å². The average Bonchev–Trinajstić information content (AvgIpc) is 2.37. The number of carbonyl (C=O) groups is 2. The summed E-state index contributed by atoms with van der Waals surface area (Å²) < 4.78 is 40.5. The van der Waals surface area contributed by atoms with Gasteiger partial charge < -0.3 is 10.1 Å². The number of alkyl halides is 3. The predicted molar refractivity (Wildman–Crippen MR) is 68.3 cm³/mol. The first-order valence-corrected chi connectivity index (χ1v) is 6.73. The smallest absolute Gasteiger partial charge is 0.385 e. The van der Waals surface area contributed by atoms with E-state index in [-0.39, 0.29) is 12.3 Å². The molecule has 0 fully saturated rings. The molecule has 0 aliphatic carbocycles. The first kappa shape index (κ1) is 18.9. The molecular formula is C13H22F3NO3. The number of hydrogen-bond acceptors (Lipinski definition) is 3. The normalized spacial score (nSPS) is 11.4. The van der Waals surface area contributed by atoms with E-state index in [1.54, 1.807) is 7.11 Å². The number of unbranched alkanes of at least 4 members (excludes halogenated alkanes) is 3. The summed E-state index contributed by atoms with van der Waals surface area (Å²) in [5.41, 5.74) is 0. The van der Waals surface area contributed by atoms with Crippen molar-refractivity contribution < 1.29 is 27.5 Å². The highest BCUT2D eigenvalue weighted by Gasteiger charge is 2.36. The minimum absolute atomic E-state index is 0.0625. The number of amides is 1. The number of ketones is 1. The van der Waals surface area contributed by atoms with Crippen LogP contribution in [-0.2, 0) is 14.3 Å². The molecule has 0 rings (SSSR count). The summed E-state index contributed by atoms with van der Waals surface area (Å²) in [7, 11) is 1.59. The minimum atomic E-state index is -4.72. The van der Waals surface area contributed by atoms with Gasteiger partial charge in [-0.05, 0) is 19.3 Å². The molecular weight excluding hydrogens is 275 g/mol. The van der Waals surface area contributed by atoms with Crippen LogP contribution in [-0.4, -0.2) is 38.1 Å². The number of ether oxygens (including phenoxy) is 1. The quantitative estimate of drug-likeness (QED) is 0.596. The first-order chi connectivity index (χ1) is 9.38. The number of nitrogens with one attached hydrogen (secondary N) is 1. The molecule has 0 aliphatic heterocycles. The molecule has 4 nitrogen and oxygen atoms in total. The standard InChI is InChI=1S/C13H22F3NO3/c1-20-10-6-9-17-12(19)8-5-3-2-4-7-11(18)13(14,15)16/h2-10H2,1H3,(H,17,19). The van der Waals surface area contributed by atoms with Gasteiger partial charge in [-0.15, -0.1) is 0 Å². The van der Waals surface area contributed by atoms with Crippen molar-refractivity contribution in [2.24, 2.45) is 0 Å². The lowest BCUT2D eigenvalue weighted by Crippen LogP contribution is -2.24. The Hall–Kier alpha value is -1.11. The van der Waals surface area contributed by atoms with E-state index in [1.807, 2.05) is 0 Å². The van der Waals surface area contributed by atoms with Gasteiger partial charge in [0.15, 0.2) is 0 Å². The van der Waals surface area contributed by atoms with Crippen molar-refractivity contribution in [2.75, 3.05) is 20.3 Å². The van der Waals surface area contributed by atoms with Crippen LogP contribution in [0.1, 0.15) is 44.9 Å². The molecule has 0 saturated carbocycles. The Morgan fingerprint density at radius 2 is 1.60 bits per heavy atom. The Bertz CT molecular complexity index is 293. The molecule has 0 spiro atoms. The van der Waals surface area contributed by atoms with Crippen molar-refractivity contribution in [3.8, 4) is 0 Å². The van der Waals surface area contributed by atoms with Gasteiger partial charge in [0, 0.05) is 33.1 Å². The Morgan fingerprint density at radius 3 is 2.15 bits per heavy atom. The number of halogens is 3. The molecule has 0 unspecified atom stereocenters. The van der Waals surface area contributed by atoms with Crippen LogP contribution in [0.3, 0.4) is 0 Å². The van der Waals surface area contributed by atoms with Gasteiger partial charge in [-0.1, -0.05) is 12.8 Å². The van der Waals surface area contributed by atoms with Crippen molar-refractivity contribution in [1.82, 2.24) is 5.32 Å². The van der Waals surface area contributed by atoms with Crippen molar-refractivity contribution in [2.45, 2.75) is 51.1 Å². The van der Waals surface area contributed by atoms with E-state index in [9.17, 15) is 22.8 Å². The number of carbonyl (C=O) groups excluding carboxylic acids is 2. The molecule has 0 saturated heterocycles. The lowest BCUT2D eigenvalue weighted by atomic mass is 10.1. The molecule has 0 aliphatic rings. The topological polar surface area (TPSA) is 55.4 Å². The summed E-state index contributed by atoms with van der Waals surface area (Å²) in [6.45, 7) is 1.15. The molecule has 0 aromatic heterocycles. The Balaban J connectivity index is 3.40. The largest absolute Gasteiger partial charge is 0.449 e. The molecule has 0 atom stereocenters. The van der Waals surface area contributed by atoms with E-state index < -0.39 is 18.4 Å². The van der Waals surface area contributed by atoms with Gasteiger partial charge in [0.25, 0.3) is 0 Å². The summed E-state index contributed by atoms with van der Waals surface area (Å²) in [5.74, 6) is -1.74. The highest BCUT2D eigenvalue weighted by Crippen LogP contribution is 2.19. The second-order valence-electron chi connectivity index (χ2n) is 4.53. The molecule has 1 N–H and O–H groups in total. The van der Waals surface area contributed by atoms with Crippen LogP contribution in [0, 0.1) is 0 Å². The second-order valence-corrected chi connectivity index (χ2v) is 4.53. The maximum atomic E-state index is 11.9. The summed E-state index contributed by atoms with van der Waals surface area (Å²) in [5, 5.41) is 2.72. The van der Waals surface area contributed by atoms with Crippen molar-refractivity contribution in [3.63, 3.8) is 0 Å². The zero-order chi connectivity index (χ0) is 15.4. The van der Waals surface area contributed by atoms with Crippen LogP contribution >= 0.6 is 0 Å². The Kier molecular flexibility index (Phi) is 10.1. The Labute approximate surface area is 117 Å². The minimum Gasteiger partial charge on any atom is -0.385 e. The number of hydrogen-bond donors (Lipinski definition) is 1. The van der Waals surface area contributed by atoms with E-state index in [4.69, 9.17) is 4.74 Å². The third-order valence-corrected chi connectivity index (χ3v) is 2.72. The summed E-state index contributed by atoms with van der Waals surface area (Å²) >= 11 is 0. The van der Waals surface area contributed by atoms with Crippen LogP contribution in [0.5, 0.6) is 0 Å². The van der Waals surface area contributed by atoms with E-state index in [1.165, 1.54) is 0 Å². The van der Waals surface area contributed by atoms with Crippen molar-refractivity contribution >= 4 is 11.7 Å². The fraction of sp³-hybridized carbons (Fsp3) is 0.846. The molecule has 0 bridgehead atoms. The van der Waals surface area contributed by atoms with Gasteiger partial charge >= 0.3 is 6.18 Å². The Morgan fingerprint density at radius 1 is 1.00 bits per heavy atom. The van der Waals surface area contributed by atoms with Gasteiger partial charge in [-0.3, -0.25) is 9.59 Å². The third kappa shape index (κ3) is 10.8. The van der Waals surface area contributed by atoms with Gasteiger partial charge in [0.2, 0.25) is 11.7 Å². The van der Waals surface area contributed by atoms with Crippen molar-refractivity contribution in [1.29, 1.82) is 0 Å². The second kappa shape index (κ2) is 10.7. The number of rotatable bonds is 11. The summed E-state index contributed by atoms with van der Waals surface area (Å²) in [6.07, 6.45) is -2.06. The average molecular weight is 297 g/mol. The van der Waals surface area contributed by atoms with Gasteiger partial charge in [0.1, 0.15) is 0 Å². The lowest BCUT2D eigenvalue weighted by molar-refractivity contribution is -0.171. The first-order valence-electron chi connectivity index (χ1n) is 6.73. The molecule has 7 heteroatoms. The maximum absolute atomic E-state index is 11.9. The highest BCUT2D eigenvalue weighted by atomic mass is 19.4. The van der Waals surface area contributed by atoms with Gasteiger partial charge in [-0.25, -0.2) is 0 Å². The van der Waals surface area contributed by atoms with E-state index in [0.717, 1.165) is 6.42 Å². The third-order valence-electron chi connectivity index (χ3n) is 2.72. The molecule has 0 radical (unpaired) electrons. The van der Waals surface area contributed by atoms with Crippen LogP contribution in [0.25, 0.3) is 0 Å². The molecule has 0 heterocycles. The SMILES string of the molecule is COCCCNC(=O)CCCCCCC(=O)C(F)(F)F. The zero-order valence-electron chi connectivity index (χ0n) is 11.7. The van der Waals surface area contributed by atoms with Crippen LogP contribution in [0.2, 0.25) is 0 Å². The molecule has 0 aromatic rings. The van der Waals surface area contributed by atoms with Gasteiger partial charge in [0.05, 0.1) is 0 Å². The molecule has 20 heavy (non-hydrogen) atoms. The molecule has 1 amide bonds. The van der Waals surface area contributed by atoms with Crippen LogP contribution < -0.4 is 5.32 Å². The monoisotopic (exact) mass is 297 g/mol. The van der Waals surface area contributed by atoms with E-state index in [2.05, 4.69) is 5.32 Å². The lowest BCUT2D eigenvalue weighted by Gasteiger charge is -2.06. The van der Waals surface area contributed by atoms with Crippen LogP contribution in [0.4, 0.5) is 13.2 Å². The highest BCUT2D eigenvalue weighted by molar-refractivity contribution is 5.83. The number of Topliss-reactive ketones (excluding diaryl/α,β-unsaturated/α-hetero) is 1.